The molecular weight excluding hydrogens is 322 g/mol. The minimum absolute atomic E-state index is 0.118. The third kappa shape index (κ3) is 3.03. The van der Waals surface area contributed by atoms with Gasteiger partial charge in [-0.05, 0) is 26.0 Å². The third-order valence-electron chi connectivity index (χ3n) is 4.01. The number of amides is 1. The lowest BCUT2D eigenvalue weighted by molar-refractivity contribution is -0.384. The van der Waals surface area contributed by atoms with Gasteiger partial charge in [0.2, 0.25) is 0 Å². The highest BCUT2D eigenvalue weighted by atomic mass is 16.6. The first-order valence-electron chi connectivity index (χ1n) is 7.63. The molecule has 0 saturated heterocycles. The molecule has 7 nitrogen and oxygen atoms in total. The van der Waals surface area contributed by atoms with Crippen molar-refractivity contribution in [2.45, 2.75) is 13.8 Å². The van der Waals surface area contributed by atoms with Crippen LogP contribution in [0.5, 0.6) is 0 Å². The molecule has 0 aromatic heterocycles. The molecule has 0 fully saturated rings. The van der Waals surface area contributed by atoms with Crippen LogP contribution in [0.4, 0.5) is 11.4 Å². The summed E-state index contributed by atoms with van der Waals surface area (Å²) in [5.41, 5.74) is 1.90. The zero-order valence-corrected chi connectivity index (χ0v) is 13.7. The predicted octanol–water partition coefficient (Wildman–Crippen LogP) is 3.12. The number of anilines is 1. The van der Waals surface area contributed by atoms with Gasteiger partial charge in [0.15, 0.2) is 5.78 Å². The van der Waals surface area contributed by atoms with Crippen molar-refractivity contribution in [3.05, 3.63) is 69.8 Å². The van der Waals surface area contributed by atoms with Crippen LogP contribution >= 0.6 is 0 Å². The normalized spacial score (nSPS) is 16.7. The molecule has 1 heterocycles. The molecule has 1 unspecified atom stereocenters. The second-order valence-electron chi connectivity index (χ2n) is 5.83. The lowest BCUT2D eigenvalue weighted by atomic mass is 9.93. The highest BCUT2D eigenvalue weighted by molar-refractivity contribution is 6.30. The number of Topliss-reactive ketones (excluding diaryl/α,β-unsaturated/α-hetero) is 1. The van der Waals surface area contributed by atoms with E-state index in [0.29, 0.717) is 11.4 Å². The number of carbonyl (C=O) groups excluding carboxylic acids is 2. The van der Waals surface area contributed by atoms with E-state index in [9.17, 15) is 19.7 Å². The van der Waals surface area contributed by atoms with Gasteiger partial charge in [-0.15, -0.1) is 0 Å². The van der Waals surface area contributed by atoms with Crippen LogP contribution in [-0.4, -0.2) is 22.3 Å². The summed E-state index contributed by atoms with van der Waals surface area (Å²) in [6.45, 7) is 3.53. The van der Waals surface area contributed by atoms with Gasteiger partial charge in [0, 0.05) is 17.7 Å². The molecule has 7 heteroatoms. The average Bonchev–Trinajstić information content (AvgIpc) is 2.89. The number of hydrogen-bond acceptors (Lipinski definition) is 5. The van der Waals surface area contributed by atoms with Gasteiger partial charge in [-0.1, -0.05) is 29.8 Å². The summed E-state index contributed by atoms with van der Waals surface area (Å²) in [6.07, 6.45) is 0. The van der Waals surface area contributed by atoms with Crippen molar-refractivity contribution in [3.8, 4) is 0 Å². The fourth-order valence-corrected chi connectivity index (χ4v) is 2.68. The van der Waals surface area contributed by atoms with Crippen LogP contribution in [0.2, 0.25) is 0 Å². The standard InChI is InChI=1S/C18H15N3O4/c1-11-6-8-14(9-7-11)20-18(23)16(12(2)19-20)17(22)13-4-3-5-15(10-13)21(24)25/h3-10,16H,1-2H3. The topological polar surface area (TPSA) is 92.9 Å². The van der Waals surface area contributed by atoms with Gasteiger partial charge in [-0.2, -0.15) is 10.1 Å². The molecule has 3 rings (SSSR count). The number of nitro benzene ring substituents is 1. The summed E-state index contributed by atoms with van der Waals surface area (Å²) in [7, 11) is 0. The molecular formula is C18H15N3O4. The van der Waals surface area contributed by atoms with Crippen molar-refractivity contribution in [2.75, 3.05) is 5.01 Å². The Morgan fingerprint density at radius 1 is 1.16 bits per heavy atom. The largest absolute Gasteiger partial charge is 0.293 e. The molecule has 1 aliphatic rings. The molecule has 126 valence electrons. The van der Waals surface area contributed by atoms with Crippen LogP contribution < -0.4 is 5.01 Å². The number of nitro groups is 1. The third-order valence-corrected chi connectivity index (χ3v) is 4.01. The van der Waals surface area contributed by atoms with Crippen LogP contribution in [0.25, 0.3) is 0 Å². The summed E-state index contributed by atoms with van der Waals surface area (Å²) in [5.74, 6) is -2.02. The van der Waals surface area contributed by atoms with Gasteiger partial charge in [-0.25, -0.2) is 0 Å². The number of nitrogens with zero attached hydrogens (tertiary/aromatic N) is 3. The quantitative estimate of drug-likeness (QED) is 0.371. The van der Waals surface area contributed by atoms with Gasteiger partial charge in [0.1, 0.15) is 5.92 Å². The SMILES string of the molecule is CC1=NN(c2ccc(C)cc2)C(=O)C1C(=O)c1cccc([N+](=O)[O-])c1. The van der Waals surface area contributed by atoms with Crippen molar-refractivity contribution < 1.29 is 14.5 Å². The number of hydrogen-bond donors (Lipinski definition) is 0. The van der Waals surface area contributed by atoms with E-state index in [0.717, 1.165) is 5.56 Å². The molecule has 2 aromatic carbocycles. The smallest absolute Gasteiger partial charge is 0.270 e. The van der Waals surface area contributed by atoms with Crippen LogP contribution in [0.15, 0.2) is 53.6 Å². The Labute approximate surface area is 143 Å². The summed E-state index contributed by atoms with van der Waals surface area (Å²) < 4.78 is 0. The number of hydrazone groups is 1. The van der Waals surface area contributed by atoms with Gasteiger partial charge >= 0.3 is 0 Å². The lowest BCUT2D eigenvalue weighted by Gasteiger charge is -2.14. The zero-order chi connectivity index (χ0) is 18.1. The number of ketones is 1. The van der Waals surface area contributed by atoms with E-state index in [2.05, 4.69) is 5.10 Å². The molecule has 1 atom stereocenters. The number of rotatable bonds is 4. The van der Waals surface area contributed by atoms with Gasteiger partial charge in [-0.3, -0.25) is 19.7 Å². The van der Waals surface area contributed by atoms with Crippen LogP contribution in [-0.2, 0) is 4.79 Å². The Bertz CT molecular complexity index is 903. The molecule has 1 amide bonds. The van der Waals surface area contributed by atoms with E-state index in [1.165, 1.54) is 29.3 Å². The van der Waals surface area contributed by atoms with E-state index in [1.807, 2.05) is 19.1 Å². The maximum Gasteiger partial charge on any atom is 0.270 e. The second-order valence-corrected chi connectivity index (χ2v) is 5.83. The first-order valence-corrected chi connectivity index (χ1v) is 7.63. The molecule has 0 aliphatic carbocycles. The summed E-state index contributed by atoms with van der Waals surface area (Å²) >= 11 is 0. The van der Waals surface area contributed by atoms with Crippen molar-refractivity contribution in [1.29, 1.82) is 0 Å². The fraction of sp³-hybridized carbons (Fsp3) is 0.167. The zero-order valence-electron chi connectivity index (χ0n) is 13.7. The van der Waals surface area contributed by atoms with E-state index in [1.54, 1.807) is 19.1 Å². The minimum Gasteiger partial charge on any atom is -0.293 e. The highest BCUT2D eigenvalue weighted by Gasteiger charge is 2.40. The van der Waals surface area contributed by atoms with Crippen molar-refractivity contribution in [1.82, 2.24) is 0 Å². The van der Waals surface area contributed by atoms with Gasteiger partial charge < -0.3 is 0 Å². The maximum absolute atomic E-state index is 12.7. The first kappa shape index (κ1) is 16.5. The monoisotopic (exact) mass is 337 g/mol. The maximum atomic E-state index is 12.7. The Kier molecular flexibility index (Phi) is 4.14. The summed E-state index contributed by atoms with van der Waals surface area (Å²) in [6, 6.07) is 12.6. The number of aryl methyl sites for hydroxylation is 1. The summed E-state index contributed by atoms with van der Waals surface area (Å²) in [4.78, 5) is 35.7. The van der Waals surface area contributed by atoms with E-state index in [-0.39, 0.29) is 11.3 Å². The van der Waals surface area contributed by atoms with Gasteiger partial charge in [0.25, 0.3) is 11.6 Å². The molecule has 0 radical (unpaired) electrons. The van der Waals surface area contributed by atoms with Crippen LogP contribution in [0, 0.1) is 23.0 Å². The first-order chi connectivity index (χ1) is 11.9. The number of non-ortho nitro benzene ring substituents is 1. The second kappa shape index (κ2) is 6.27. The number of benzene rings is 2. The minimum atomic E-state index is -1.07. The Balaban J connectivity index is 1.91. The molecule has 0 N–H and O–H groups in total. The fourth-order valence-electron chi connectivity index (χ4n) is 2.68. The number of carbonyl (C=O) groups is 2. The van der Waals surface area contributed by atoms with Crippen molar-refractivity contribution in [2.24, 2.45) is 11.0 Å². The van der Waals surface area contributed by atoms with E-state index < -0.39 is 22.5 Å². The predicted molar refractivity (Wildman–Crippen MR) is 92.7 cm³/mol. The highest BCUT2D eigenvalue weighted by Crippen LogP contribution is 2.27. The van der Waals surface area contributed by atoms with Crippen molar-refractivity contribution >= 4 is 28.8 Å². The summed E-state index contributed by atoms with van der Waals surface area (Å²) in [5, 5.41) is 16.3. The average molecular weight is 337 g/mol. The molecule has 0 bridgehead atoms. The molecule has 0 spiro atoms. The molecule has 25 heavy (non-hydrogen) atoms. The van der Waals surface area contributed by atoms with E-state index >= 15 is 0 Å². The molecule has 2 aromatic rings. The Morgan fingerprint density at radius 2 is 1.84 bits per heavy atom. The van der Waals surface area contributed by atoms with Crippen molar-refractivity contribution in [3.63, 3.8) is 0 Å². The van der Waals surface area contributed by atoms with E-state index in [4.69, 9.17) is 0 Å². The molecule has 1 aliphatic heterocycles. The van der Waals surface area contributed by atoms with Crippen LogP contribution in [0.3, 0.4) is 0 Å². The van der Waals surface area contributed by atoms with Gasteiger partial charge in [0.05, 0.1) is 16.3 Å². The van der Waals surface area contributed by atoms with Crippen LogP contribution in [0.1, 0.15) is 22.8 Å². The Morgan fingerprint density at radius 3 is 2.48 bits per heavy atom. The Hall–Kier alpha value is -3.35. The molecule has 0 saturated carbocycles. The lowest BCUT2D eigenvalue weighted by Crippen LogP contribution is -2.32.